The van der Waals surface area contributed by atoms with E-state index in [0.29, 0.717) is 0 Å². The molecule has 1 aliphatic rings. The number of nitrogens with one attached hydrogen (secondary N) is 2. The van der Waals surface area contributed by atoms with Gasteiger partial charge in [-0.15, -0.1) is 11.8 Å². The van der Waals surface area contributed by atoms with Gasteiger partial charge in [0.15, 0.2) is 0 Å². The molecule has 0 aromatic heterocycles. The van der Waals surface area contributed by atoms with Crippen LogP contribution in [0.15, 0.2) is 24.3 Å². The molecule has 1 aromatic carbocycles. The quantitative estimate of drug-likeness (QED) is 0.211. The van der Waals surface area contributed by atoms with Crippen molar-refractivity contribution in [3.8, 4) is 0 Å². The second-order valence-electron chi connectivity index (χ2n) is 9.66. The first kappa shape index (κ1) is 28.2. The van der Waals surface area contributed by atoms with Crippen molar-refractivity contribution in [3.05, 3.63) is 35.6 Å². The van der Waals surface area contributed by atoms with Gasteiger partial charge in [0.2, 0.25) is 5.91 Å². The molecule has 0 saturated carbocycles. The minimum Gasteiger partial charge on any atom is -0.352 e. The Balaban J connectivity index is 1.62. The first-order valence-electron chi connectivity index (χ1n) is 13.6. The Morgan fingerprint density at radius 2 is 1.45 bits per heavy atom. The van der Waals surface area contributed by atoms with E-state index in [0.717, 1.165) is 37.0 Å². The molecule has 2 unspecified atom stereocenters. The molecule has 2 N–H and O–H groups in total. The summed E-state index contributed by atoms with van der Waals surface area (Å²) in [5.41, 5.74) is 1.03. The number of thioether (sulfide) groups is 1. The zero-order valence-corrected chi connectivity index (χ0v) is 21.9. The Morgan fingerprint density at radius 1 is 0.909 bits per heavy atom. The summed E-state index contributed by atoms with van der Waals surface area (Å²) >= 11 is 1.72. The van der Waals surface area contributed by atoms with Crippen LogP contribution in [0.3, 0.4) is 0 Å². The smallest absolute Gasteiger partial charge is 0.238 e. The lowest BCUT2D eigenvalue weighted by Crippen LogP contribution is -2.46. The molecule has 3 atom stereocenters. The van der Waals surface area contributed by atoms with Gasteiger partial charge >= 0.3 is 0 Å². The van der Waals surface area contributed by atoms with Crippen molar-refractivity contribution in [1.29, 1.82) is 0 Å². The molecule has 1 aromatic rings. The Kier molecular flexibility index (Phi) is 14.8. The summed E-state index contributed by atoms with van der Waals surface area (Å²) in [7, 11) is 0. The van der Waals surface area contributed by atoms with E-state index in [1.165, 1.54) is 82.8 Å². The number of rotatable bonds is 18. The standard InChI is InChI=1S/C28H47FN2OS/c1-3-5-7-8-9-10-11-12-13-14-15-17-25(16-6-4-2)30-27(32)26-22-33-28(31-26)23-18-20-24(29)21-19-23/h18-21,25-26,28,31H,3-17,22H2,1-2H3,(H,30,32)/t25?,26-,28?/m0/s1. The Labute approximate surface area is 206 Å². The number of carbonyl (C=O) groups is 1. The zero-order chi connectivity index (χ0) is 23.7. The number of unbranched alkanes of at least 4 members (excludes halogenated alkanes) is 11. The van der Waals surface area contributed by atoms with Crippen LogP contribution in [0, 0.1) is 5.82 Å². The lowest BCUT2D eigenvalue weighted by molar-refractivity contribution is -0.123. The number of hydrogen-bond donors (Lipinski definition) is 2. The molecule has 0 aliphatic carbocycles. The van der Waals surface area contributed by atoms with E-state index >= 15 is 0 Å². The van der Waals surface area contributed by atoms with Crippen molar-refractivity contribution in [3.63, 3.8) is 0 Å². The molecule has 33 heavy (non-hydrogen) atoms. The van der Waals surface area contributed by atoms with E-state index in [1.807, 2.05) is 0 Å². The van der Waals surface area contributed by atoms with Crippen LogP contribution in [0.5, 0.6) is 0 Å². The highest BCUT2D eigenvalue weighted by Crippen LogP contribution is 2.33. The third-order valence-corrected chi connectivity index (χ3v) is 7.95. The topological polar surface area (TPSA) is 41.1 Å². The molecular formula is C28H47FN2OS. The Morgan fingerprint density at radius 3 is 2.06 bits per heavy atom. The van der Waals surface area contributed by atoms with Crippen molar-refractivity contribution < 1.29 is 9.18 Å². The van der Waals surface area contributed by atoms with Crippen LogP contribution in [-0.4, -0.2) is 23.7 Å². The molecule has 1 fully saturated rings. The average molecular weight is 479 g/mol. The van der Waals surface area contributed by atoms with Crippen molar-refractivity contribution in [2.75, 3.05) is 5.75 Å². The maximum atomic E-state index is 13.2. The molecule has 3 nitrogen and oxygen atoms in total. The summed E-state index contributed by atoms with van der Waals surface area (Å²) in [6.07, 6.45) is 19.3. The summed E-state index contributed by atoms with van der Waals surface area (Å²) in [4.78, 5) is 12.9. The van der Waals surface area contributed by atoms with Crippen LogP contribution < -0.4 is 10.6 Å². The highest BCUT2D eigenvalue weighted by Gasteiger charge is 2.31. The van der Waals surface area contributed by atoms with Crippen molar-refractivity contribution in [2.24, 2.45) is 0 Å². The van der Waals surface area contributed by atoms with E-state index in [-0.39, 0.29) is 29.2 Å². The second kappa shape index (κ2) is 17.4. The maximum Gasteiger partial charge on any atom is 0.238 e. The van der Waals surface area contributed by atoms with Gasteiger partial charge in [-0.1, -0.05) is 109 Å². The van der Waals surface area contributed by atoms with Crippen molar-refractivity contribution in [1.82, 2.24) is 10.6 Å². The van der Waals surface area contributed by atoms with Crippen LogP contribution in [0.1, 0.15) is 121 Å². The van der Waals surface area contributed by atoms with Gasteiger partial charge in [0.25, 0.3) is 0 Å². The third-order valence-electron chi connectivity index (χ3n) is 6.68. The van der Waals surface area contributed by atoms with E-state index < -0.39 is 0 Å². The molecule has 1 amide bonds. The van der Waals surface area contributed by atoms with Crippen LogP contribution in [0.2, 0.25) is 0 Å². The van der Waals surface area contributed by atoms with Crippen molar-refractivity contribution >= 4 is 17.7 Å². The predicted molar refractivity (Wildman–Crippen MR) is 141 cm³/mol. The van der Waals surface area contributed by atoms with Gasteiger partial charge < -0.3 is 5.32 Å². The van der Waals surface area contributed by atoms with Crippen LogP contribution >= 0.6 is 11.8 Å². The largest absolute Gasteiger partial charge is 0.352 e. The molecule has 1 saturated heterocycles. The summed E-state index contributed by atoms with van der Waals surface area (Å²) < 4.78 is 13.2. The summed E-state index contributed by atoms with van der Waals surface area (Å²) in [5.74, 6) is 0.654. The van der Waals surface area contributed by atoms with E-state index in [4.69, 9.17) is 0 Å². The molecule has 1 heterocycles. The Hall–Kier alpha value is -1.07. The first-order chi connectivity index (χ1) is 16.1. The second-order valence-corrected chi connectivity index (χ2v) is 10.8. The van der Waals surface area contributed by atoms with Crippen LogP contribution in [-0.2, 0) is 4.79 Å². The number of halogens is 1. The lowest BCUT2D eigenvalue weighted by Gasteiger charge is -2.21. The van der Waals surface area contributed by atoms with E-state index in [1.54, 1.807) is 23.9 Å². The number of hydrogen-bond acceptors (Lipinski definition) is 3. The lowest BCUT2D eigenvalue weighted by atomic mass is 10.0. The van der Waals surface area contributed by atoms with Gasteiger partial charge in [0.05, 0.1) is 11.4 Å². The number of amides is 1. The molecule has 188 valence electrons. The molecule has 1 aliphatic heterocycles. The summed E-state index contributed by atoms with van der Waals surface area (Å²) in [5, 5.41) is 6.82. The van der Waals surface area contributed by atoms with Gasteiger partial charge in [-0.2, -0.15) is 0 Å². The third kappa shape index (κ3) is 11.8. The van der Waals surface area contributed by atoms with Gasteiger partial charge in [-0.3, -0.25) is 10.1 Å². The molecule has 0 radical (unpaired) electrons. The monoisotopic (exact) mass is 478 g/mol. The normalized spacial score (nSPS) is 19.0. The minimum atomic E-state index is -0.225. The van der Waals surface area contributed by atoms with Gasteiger partial charge in [-0.25, -0.2) is 4.39 Å². The van der Waals surface area contributed by atoms with Crippen LogP contribution in [0.4, 0.5) is 4.39 Å². The minimum absolute atomic E-state index is 0.0575. The summed E-state index contributed by atoms with van der Waals surface area (Å²) in [6, 6.07) is 6.69. The number of carbonyl (C=O) groups excluding carboxylic acids is 1. The highest BCUT2D eigenvalue weighted by atomic mass is 32.2. The molecule has 2 rings (SSSR count). The molecule has 0 bridgehead atoms. The Bertz CT molecular complexity index is 639. The molecule has 5 heteroatoms. The summed E-state index contributed by atoms with van der Waals surface area (Å²) in [6.45, 7) is 4.48. The maximum absolute atomic E-state index is 13.2. The number of benzene rings is 1. The van der Waals surface area contributed by atoms with E-state index in [2.05, 4.69) is 24.5 Å². The average Bonchev–Trinajstić information content (AvgIpc) is 3.31. The first-order valence-corrected chi connectivity index (χ1v) is 14.6. The molecular weight excluding hydrogens is 431 g/mol. The predicted octanol–water partition coefficient (Wildman–Crippen LogP) is 7.91. The van der Waals surface area contributed by atoms with Crippen LogP contribution in [0.25, 0.3) is 0 Å². The fraction of sp³-hybridized carbons (Fsp3) is 0.750. The van der Waals surface area contributed by atoms with Gasteiger partial charge in [0, 0.05) is 11.8 Å². The molecule has 0 spiro atoms. The highest BCUT2D eigenvalue weighted by molar-refractivity contribution is 7.99. The zero-order valence-electron chi connectivity index (χ0n) is 21.0. The SMILES string of the molecule is CCCCCCCCCCCCCC(CCCC)NC(=O)[C@@H]1CSC(c2ccc(F)cc2)N1. The fourth-order valence-electron chi connectivity index (χ4n) is 4.55. The van der Waals surface area contributed by atoms with Crippen molar-refractivity contribution in [2.45, 2.75) is 128 Å². The van der Waals surface area contributed by atoms with Gasteiger partial charge in [0.1, 0.15) is 5.82 Å². The van der Waals surface area contributed by atoms with Gasteiger partial charge in [-0.05, 0) is 30.5 Å². The van der Waals surface area contributed by atoms with E-state index in [9.17, 15) is 9.18 Å². The fourth-order valence-corrected chi connectivity index (χ4v) is 5.79.